The van der Waals surface area contributed by atoms with Crippen LogP contribution in [-0.2, 0) is 0 Å². The van der Waals surface area contributed by atoms with Crippen molar-refractivity contribution >= 4 is 24.7 Å². The maximum absolute atomic E-state index is 5.56. The van der Waals surface area contributed by atoms with Gasteiger partial charge in [0.15, 0.2) is 5.84 Å². The fraction of sp³-hybridized carbons (Fsp3) is 0.0588. The molecule has 0 fully saturated rings. The molecule has 0 unspecified atom stereocenters. The van der Waals surface area contributed by atoms with E-state index in [0.29, 0.717) is 5.84 Å². The molecule has 2 aromatic carbocycles. The molecular weight excluding hydrogens is 260 g/mol. The van der Waals surface area contributed by atoms with Crippen molar-refractivity contribution in [2.45, 2.75) is 0 Å². The van der Waals surface area contributed by atoms with Crippen LogP contribution in [0.15, 0.2) is 64.7 Å². The van der Waals surface area contributed by atoms with Gasteiger partial charge in [-0.1, -0.05) is 66.7 Å². The summed E-state index contributed by atoms with van der Waals surface area (Å²) >= 11 is 0. The van der Waals surface area contributed by atoms with E-state index in [1.165, 1.54) is 5.12 Å². The molecule has 0 aromatic heterocycles. The number of benzene rings is 2. The molecule has 0 atom stereocenters. The van der Waals surface area contributed by atoms with E-state index in [2.05, 4.69) is 16.8 Å². The fourth-order valence-electron chi connectivity index (χ4n) is 1.92. The zero-order chi connectivity index (χ0) is 15.1. The van der Waals surface area contributed by atoms with Gasteiger partial charge in [0, 0.05) is 12.6 Å². The highest BCUT2D eigenvalue weighted by Crippen LogP contribution is 2.15. The lowest BCUT2D eigenvalue weighted by atomic mass is 10.0. The standard InChI is InChI=1S/C17H18N4/c1-19-17(20-21(2)18)16-11-7-6-10-15(16)13-12-14-8-4-3-5-9-14/h3-13H,1,18H2,2H3/b13-12+,20-17-. The van der Waals surface area contributed by atoms with Crippen LogP contribution >= 0.6 is 0 Å². The highest BCUT2D eigenvalue weighted by Gasteiger charge is 2.06. The number of hydrazone groups is 1. The number of rotatable bonds is 4. The van der Waals surface area contributed by atoms with Crippen LogP contribution in [-0.4, -0.2) is 24.7 Å². The Balaban J connectivity index is 2.37. The van der Waals surface area contributed by atoms with Gasteiger partial charge in [0.05, 0.1) is 0 Å². The Hall–Kier alpha value is -2.72. The van der Waals surface area contributed by atoms with Gasteiger partial charge in [-0.05, 0) is 17.8 Å². The summed E-state index contributed by atoms with van der Waals surface area (Å²) in [4.78, 5) is 3.96. The second kappa shape index (κ2) is 7.17. The minimum atomic E-state index is 0.494. The molecule has 4 heteroatoms. The number of hydrazine groups is 1. The highest BCUT2D eigenvalue weighted by atomic mass is 15.6. The first-order valence-corrected chi connectivity index (χ1v) is 6.57. The summed E-state index contributed by atoms with van der Waals surface area (Å²) in [6, 6.07) is 18.0. The Kier molecular flexibility index (Phi) is 5.01. The van der Waals surface area contributed by atoms with Crippen molar-refractivity contribution in [1.82, 2.24) is 5.12 Å². The quantitative estimate of drug-likeness (QED) is 0.307. The zero-order valence-corrected chi connectivity index (χ0v) is 12.0. The maximum atomic E-state index is 5.56. The predicted octanol–water partition coefficient (Wildman–Crippen LogP) is 3.02. The van der Waals surface area contributed by atoms with E-state index >= 15 is 0 Å². The van der Waals surface area contributed by atoms with Crippen LogP contribution in [0.1, 0.15) is 16.7 Å². The van der Waals surface area contributed by atoms with E-state index in [1.54, 1.807) is 7.05 Å². The van der Waals surface area contributed by atoms with Crippen LogP contribution in [0.25, 0.3) is 12.2 Å². The van der Waals surface area contributed by atoms with Crippen LogP contribution in [0.3, 0.4) is 0 Å². The Morgan fingerprint density at radius 2 is 1.71 bits per heavy atom. The fourth-order valence-corrected chi connectivity index (χ4v) is 1.92. The molecule has 2 N–H and O–H groups in total. The highest BCUT2D eigenvalue weighted by molar-refractivity contribution is 6.04. The Morgan fingerprint density at radius 3 is 2.38 bits per heavy atom. The van der Waals surface area contributed by atoms with Crippen molar-refractivity contribution in [2.24, 2.45) is 15.9 Å². The SMILES string of the molecule is C=N/C(=N\N(C)N)c1ccccc1/C=C/c1ccccc1. The molecule has 0 aliphatic rings. The summed E-state index contributed by atoms with van der Waals surface area (Å²) in [7, 11) is 1.65. The first-order valence-electron chi connectivity index (χ1n) is 6.57. The van der Waals surface area contributed by atoms with Gasteiger partial charge >= 0.3 is 0 Å². The number of nitrogens with two attached hydrogens (primary N) is 1. The smallest absolute Gasteiger partial charge is 0.180 e. The Labute approximate surface area is 124 Å². The average molecular weight is 278 g/mol. The molecule has 0 heterocycles. The van der Waals surface area contributed by atoms with Crippen molar-refractivity contribution in [3.05, 3.63) is 71.3 Å². The number of aliphatic imine (C=N–C) groups is 1. The molecule has 0 saturated heterocycles. The molecular formula is C17H18N4. The summed E-state index contributed by atoms with van der Waals surface area (Å²) < 4.78 is 0. The van der Waals surface area contributed by atoms with Gasteiger partial charge in [0.1, 0.15) is 0 Å². The normalized spacial score (nSPS) is 11.6. The number of hydrogen-bond donors (Lipinski definition) is 1. The van der Waals surface area contributed by atoms with Crippen LogP contribution in [0, 0.1) is 0 Å². The van der Waals surface area contributed by atoms with Gasteiger partial charge in [-0.15, -0.1) is 5.10 Å². The van der Waals surface area contributed by atoms with Gasteiger partial charge in [-0.25, -0.2) is 16.0 Å². The van der Waals surface area contributed by atoms with Crippen LogP contribution in [0.4, 0.5) is 0 Å². The molecule has 4 nitrogen and oxygen atoms in total. The molecule has 2 rings (SSSR count). The lowest BCUT2D eigenvalue weighted by Crippen LogP contribution is -2.21. The third-order valence-electron chi connectivity index (χ3n) is 2.86. The van der Waals surface area contributed by atoms with Gasteiger partial charge in [0.2, 0.25) is 0 Å². The molecule has 106 valence electrons. The number of nitrogens with zero attached hydrogens (tertiary/aromatic N) is 3. The number of amidine groups is 1. The van der Waals surface area contributed by atoms with Crippen LogP contribution in [0.5, 0.6) is 0 Å². The Bertz CT molecular complexity index is 658. The molecule has 0 radical (unpaired) electrons. The lowest BCUT2D eigenvalue weighted by molar-refractivity contribution is 0.372. The molecule has 0 amide bonds. The van der Waals surface area contributed by atoms with Crippen LogP contribution in [0.2, 0.25) is 0 Å². The summed E-state index contributed by atoms with van der Waals surface area (Å²) in [5, 5.41) is 5.37. The minimum absolute atomic E-state index is 0.494. The van der Waals surface area contributed by atoms with E-state index in [0.717, 1.165) is 16.7 Å². The summed E-state index contributed by atoms with van der Waals surface area (Å²) in [6.07, 6.45) is 4.08. The molecule has 0 saturated carbocycles. The third-order valence-corrected chi connectivity index (χ3v) is 2.86. The van der Waals surface area contributed by atoms with E-state index in [1.807, 2.05) is 66.7 Å². The minimum Gasteiger partial charge on any atom is -0.243 e. The van der Waals surface area contributed by atoms with Crippen molar-refractivity contribution in [3.8, 4) is 0 Å². The average Bonchev–Trinajstić information content (AvgIpc) is 2.52. The Morgan fingerprint density at radius 1 is 1.05 bits per heavy atom. The zero-order valence-electron chi connectivity index (χ0n) is 12.0. The van der Waals surface area contributed by atoms with Crippen molar-refractivity contribution in [3.63, 3.8) is 0 Å². The van der Waals surface area contributed by atoms with Crippen molar-refractivity contribution < 1.29 is 0 Å². The van der Waals surface area contributed by atoms with E-state index in [4.69, 9.17) is 5.84 Å². The first-order chi connectivity index (χ1) is 10.2. The molecule has 0 spiro atoms. The molecule has 0 bridgehead atoms. The first kappa shape index (κ1) is 14.7. The van der Waals surface area contributed by atoms with E-state index in [9.17, 15) is 0 Å². The molecule has 21 heavy (non-hydrogen) atoms. The van der Waals surface area contributed by atoms with Gasteiger partial charge < -0.3 is 0 Å². The van der Waals surface area contributed by atoms with Gasteiger partial charge in [-0.3, -0.25) is 0 Å². The molecule has 0 aliphatic heterocycles. The lowest BCUT2D eigenvalue weighted by Gasteiger charge is -2.09. The summed E-state index contributed by atoms with van der Waals surface area (Å²) in [5.41, 5.74) is 3.03. The van der Waals surface area contributed by atoms with Gasteiger partial charge in [0.25, 0.3) is 0 Å². The predicted molar refractivity (Wildman–Crippen MR) is 89.8 cm³/mol. The third kappa shape index (κ3) is 4.12. The summed E-state index contributed by atoms with van der Waals surface area (Å²) in [5.74, 6) is 6.06. The molecule has 0 aliphatic carbocycles. The van der Waals surface area contributed by atoms with E-state index in [-0.39, 0.29) is 0 Å². The van der Waals surface area contributed by atoms with Gasteiger partial charge in [-0.2, -0.15) is 0 Å². The maximum Gasteiger partial charge on any atom is 0.180 e. The topological polar surface area (TPSA) is 54.0 Å². The van der Waals surface area contributed by atoms with Crippen LogP contribution < -0.4 is 5.84 Å². The second-order valence-electron chi connectivity index (χ2n) is 4.49. The van der Waals surface area contributed by atoms with E-state index < -0.39 is 0 Å². The number of hydrogen-bond acceptors (Lipinski definition) is 3. The monoisotopic (exact) mass is 278 g/mol. The second-order valence-corrected chi connectivity index (χ2v) is 4.49. The molecule has 2 aromatic rings. The van der Waals surface area contributed by atoms with Crippen molar-refractivity contribution in [1.29, 1.82) is 0 Å². The van der Waals surface area contributed by atoms with Crippen molar-refractivity contribution in [2.75, 3.05) is 7.05 Å². The summed E-state index contributed by atoms with van der Waals surface area (Å²) in [6.45, 7) is 3.56. The largest absolute Gasteiger partial charge is 0.243 e.